The second-order valence-corrected chi connectivity index (χ2v) is 12.5. The van der Waals surface area contributed by atoms with E-state index in [1.807, 2.05) is 6.92 Å². The number of carbonyl (C=O) groups excluding carboxylic acids is 1. The smallest absolute Gasteiger partial charge is 0.311 e. The van der Waals surface area contributed by atoms with Gasteiger partial charge in [-0.15, -0.1) is 0 Å². The molecular weight excluding hydrogens is 268 g/mol. The zero-order valence-corrected chi connectivity index (χ0v) is 15.4. The zero-order valence-electron chi connectivity index (χ0n) is 14.4. The molecule has 0 N–H and O–H groups in total. The molecule has 0 aliphatic carbocycles. The van der Waals surface area contributed by atoms with E-state index in [1.165, 1.54) is 0 Å². The van der Waals surface area contributed by atoms with E-state index in [1.54, 1.807) is 0 Å². The molecule has 1 heterocycles. The van der Waals surface area contributed by atoms with Crippen molar-refractivity contribution in [3.63, 3.8) is 0 Å². The molecule has 0 radical (unpaired) electrons. The van der Waals surface area contributed by atoms with Gasteiger partial charge in [0, 0.05) is 5.92 Å². The van der Waals surface area contributed by atoms with E-state index in [2.05, 4.69) is 47.7 Å². The fourth-order valence-electron chi connectivity index (χ4n) is 2.50. The largest absolute Gasteiger partial charge is 0.462 e. The standard InChI is InChI=1S/C16H32O3Si/c1-9-10-13-11(2)14(12(3)15(17)18-13)19-20(7,8)16(4,5)6/h11-14H,9-10H2,1-8H3/t11-,12+,13-,14+/m1/s1. The van der Waals surface area contributed by atoms with Crippen LogP contribution in [0.5, 0.6) is 0 Å². The number of rotatable bonds is 4. The Morgan fingerprint density at radius 1 is 1.25 bits per heavy atom. The normalized spacial score (nSPS) is 32.1. The molecule has 118 valence electrons. The molecule has 4 atom stereocenters. The number of esters is 1. The first-order valence-electron chi connectivity index (χ1n) is 7.89. The van der Waals surface area contributed by atoms with E-state index in [-0.39, 0.29) is 35.1 Å². The minimum Gasteiger partial charge on any atom is -0.462 e. The van der Waals surface area contributed by atoms with Gasteiger partial charge in [-0.2, -0.15) is 0 Å². The van der Waals surface area contributed by atoms with Crippen molar-refractivity contribution in [1.29, 1.82) is 0 Å². The van der Waals surface area contributed by atoms with E-state index in [4.69, 9.17) is 9.16 Å². The number of cyclic esters (lactones) is 1. The Labute approximate surface area is 125 Å². The quantitative estimate of drug-likeness (QED) is 0.571. The molecule has 0 aromatic rings. The van der Waals surface area contributed by atoms with Crippen molar-refractivity contribution in [3.05, 3.63) is 0 Å². The highest BCUT2D eigenvalue weighted by Gasteiger charge is 2.47. The highest BCUT2D eigenvalue weighted by Crippen LogP contribution is 2.41. The van der Waals surface area contributed by atoms with Gasteiger partial charge in [0.25, 0.3) is 0 Å². The first-order valence-corrected chi connectivity index (χ1v) is 10.8. The molecule has 1 aliphatic heterocycles. The lowest BCUT2D eigenvalue weighted by atomic mass is 9.85. The number of ether oxygens (including phenoxy) is 1. The molecule has 0 saturated carbocycles. The lowest BCUT2D eigenvalue weighted by Crippen LogP contribution is -2.54. The van der Waals surface area contributed by atoms with Gasteiger partial charge in [0.15, 0.2) is 8.32 Å². The van der Waals surface area contributed by atoms with Crippen LogP contribution in [0.15, 0.2) is 0 Å². The van der Waals surface area contributed by atoms with E-state index in [9.17, 15) is 4.79 Å². The van der Waals surface area contributed by atoms with Crippen LogP contribution >= 0.6 is 0 Å². The van der Waals surface area contributed by atoms with Crippen molar-refractivity contribution < 1.29 is 14.0 Å². The van der Waals surface area contributed by atoms with Gasteiger partial charge in [0.2, 0.25) is 0 Å². The SMILES string of the molecule is CCC[C@H]1OC(=O)[C@@H](C)[C@@H](O[Si](C)(C)C(C)(C)C)[C@@H]1C. The molecule has 0 aromatic heterocycles. The van der Waals surface area contributed by atoms with Crippen molar-refractivity contribution in [1.82, 2.24) is 0 Å². The Hall–Kier alpha value is -0.353. The van der Waals surface area contributed by atoms with Crippen molar-refractivity contribution >= 4 is 14.3 Å². The first kappa shape index (κ1) is 17.7. The van der Waals surface area contributed by atoms with Crippen LogP contribution in [0.3, 0.4) is 0 Å². The predicted molar refractivity (Wildman–Crippen MR) is 85.2 cm³/mol. The van der Waals surface area contributed by atoms with E-state index in [0.717, 1.165) is 12.8 Å². The fraction of sp³-hybridized carbons (Fsp3) is 0.938. The molecule has 0 bridgehead atoms. The van der Waals surface area contributed by atoms with Gasteiger partial charge in [-0.05, 0) is 31.5 Å². The Morgan fingerprint density at radius 2 is 1.80 bits per heavy atom. The number of hydrogen-bond donors (Lipinski definition) is 0. The molecule has 0 amide bonds. The van der Waals surface area contributed by atoms with Crippen LogP contribution in [0.25, 0.3) is 0 Å². The molecule has 1 fully saturated rings. The molecular formula is C16H32O3Si. The van der Waals surface area contributed by atoms with Crippen molar-refractivity contribution in [2.24, 2.45) is 11.8 Å². The van der Waals surface area contributed by atoms with Crippen LogP contribution in [-0.4, -0.2) is 26.5 Å². The van der Waals surface area contributed by atoms with Crippen LogP contribution < -0.4 is 0 Å². The molecule has 3 nitrogen and oxygen atoms in total. The lowest BCUT2D eigenvalue weighted by Gasteiger charge is -2.46. The van der Waals surface area contributed by atoms with Crippen LogP contribution in [0.1, 0.15) is 54.4 Å². The van der Waals surface area contributed by atoms with Gasteiger partial charge in [-0.3, -0.25) is 4.79 Å². The minimum absolute atomic E-state index is 0.00584. The maximum Gasteiger partial charge on any atom is 0.311 e. The molecule has 1 rings (SSSR count). The summed E-state index contributed by atoms with van der Waals surface area (Å²) in [4.78, 5) is 12.1. The van der Waals surface area contributed by atoms with Crippen molar-refractivity contribution in [2.75, 3.05) is 0 Å². The highest BCUT2D eigenvalue weighted by molar-refractivity contribution is 6.74. The highest BCUT2D eigenvalue weighted by atomic mass is 28.4. The predicted octanol–water partition coefficient (Wildman–Crippen LogP) is 4.37. The summed E-state index contributed by atoms with van der Waals surface area (Å²) in [6, 6.07) is 0. The van der Waals surface area contributed by atoms with Crippen LogP contribution in [0.2, 0.25) is 18.1 Å². The summed E-state index contributed by atoms with van der Waals surface area (Å²) in [5, 5.41) is 0.161. The summed E-state index contributed by atoms with van der Waals surface area (Å²) < 4.78 is 12.1. The molecule has 1 aliphatic rings. The van der Waals surface area contributed by atoms with Crippen LogP contribution in [0.4, 0.5) is 0 Å². The topological polar surface area (TPSA) is 35.5 Å². The monoisotopic (exact) mass is 300 g/mol. The number of carbonyl (C=O) groups is 1. The maximum atomic E-state index is 12.1. The van der Waals surface area contributed by atoms with Gasteiger partial charge in [-0.1, -0.05) is 41.0 Å². The third-order valence-electron chi connectivity index (χ3n) is 5.05. The summed E-state index contributed by atoms with van der Waals surface area (Å²) >= 11 is 0. The zero-order chi connectivity index (χ0) is 15.7. The van der Waals surface area contributed by atoms with Gasteiger partial charge in [-0.25, -0.2) is 0 Å². The van der Waals surface area contributed by atoms with Gasteiger partial charge >= 0.3 is 5.97 Å². The Kier molecular flexibility index (Phi) is 5.47. The van der Waals surface area contributed by atoms with Crippen LogP contribution in [-0.2, 0) is 14.0 Å². The Balaban J connectivity index is 2.92. The Bertz CT molecular complexity index is 346. The average Bonchev–Trinajstić information content (AvgIpc) is 2.30. The van der Waals surface area contributed by atoms with E-state index in [0.29, 0.717) is 0 Å². The second kappa shape index (κ2) is 6.18. The third kappa shape index (κ3) is 3.64. The third-order valence-corrected chi connectivity index (χ3v) is 9.52. The lowest BCUT2D eigenvalue weighted by molar-refractivity contribution is -0.176. The second-order valence-electron chi connectivity index (χ2n) is 7.75. The number of hydrogen-bond acceptors (Lipinski definition) is 3. The molecule has 0 spiro atoms. The summed E-state index contributed by atoms with van der Waals surface area (Å²) in [7, 11) is -1.87. The van der Waals surface area contributed by atoms with Crippen molar-refractivity contribution in [3.8, 4) is 0 Å². The average molecular weight is 301 g/mol. The Morgan fingerprint density at radius 3 is 2.25 bits per heavy atom. The minimum atomic E-state index is -1.87. The summed E-state index contributed by atoms with van der Waals surface area (Å²) in [6.07, 6.45) is 1.97. The van der Waals surface area contributed by atoms with E-state index < -0.39 is 8.32 Å². The van der Waals surface area contributed by atoms with Gasteiger partial charge in [0.05, 0.1) is 12.0 Å². The summed E-state index contributed by atoms with van der Waals surface area (Å²) in [6.45, 7) is 17.4. The molecule has 20 heavy (non-hydrogen) atoms. The maximum absolute atomic E-state index is 12.1. The van der Waals surface area contributed by atoms with Gasteiger partial charge in [0.1, 0.15) is 6.10 Å². The summed E-state index contributed by atoms with van der Waals surface area (Å²) in [5.41, 5.74) is 0. The molecule has 0 aromatic carbocycles. The first-order chi connectivity index (χ1) is 9.01. The van der Waals surface area contributed by atoms with Crippen LogP contribution in [0, 0.1) is 11.8 Å². The van der Waals surface area contributed by atoms with Crippen molar-refractivity contribution in [2.45, 2.75) is 84.7 Å². The van der Waals surface area contributed by atoms with E-state index >= 15 is 0 Å². The fourth-order valence-corrected chi connectivity index (χ4v) is 3.95. The van der Waals surface area contributed by atoms with Gasteiger partial charge < -0.3 is 9.16 Å². The molecule has 0 unspecified atom stereocenters. The molecule has 1 saturated heterocycles. The summed E-state index contributed by atoms with van der Waals surface area (Å²) in [5.74, 6) is 0.0225. The molecule has 4 heteroatoms.